The molecule has 1 aromatic carbocycles. The Morgan fingerprint density at radius 2 is 2.17 bits per heavy atom. The van der Waals surface area contributed by atoms with E-state index in [1.54, 1.807) is 23.3 Å². The van der Waals surface area contributed by atoms with E-state index in [0.717, 1.165) is 24.3 Å². The summed E-state index contributed by atoms with van der Waals surface area (Å²) in [5, 5.41) is 10.1. The molecule has 0 bridgehead atoms. The average molecular weight is 344 g/mol. The molecule has 1 heterocycles. The zero-order valence-electron chi connectivity index (χ0n) is 14.2. The fourth-order valence-electron chi connectivity index (χ4n) is 3.14. The largest absolute Gasteiger partial charge is 0.394 e. The summed E-state index contributed by atoms with van der Waals surface area (Å²) in [6, 6.07) is 10.5. The summed E-state index contributed by atoms with van der Waals surface area (Å²) in [5.41, 5.74) is 2.57. The van der Waals surface area contributed by atoms with E-state index in [9.17, 15) is 9.90 Å². The number of aliphatic hydroxyl groups is 1. The Hall–Kier alpha value is -1.72. The first kappa shape index (κ1) is 17.1. The number of aliphatic hydroxyl groups excluding tert-OH is 1. The molecule has 4 nitrogen and oxygen atoms in total. The standard InChI is InChI=1S/C19H24N2O2S/c1-13(12-22)21(2)19(23)11-18-20-16-9-8-15(10-17(16)24-18)14-6-4-3-5-7-14/h3-7,13,15,22H,8-12H2,1-2H3/t13-,15?/m0/s1. The fourth-order valence-corrected chi connectivity index (χ4v) is 4.32. The van der Waals surface area contributed by atoms with Crippen LogP contribution in [0.15, 0.2) is 30.3 Å². The maximum Gasteiger partial charge on any atom is 0.229 e. The van der Waals surface area contributed by atoms with Crippen molar-refractivity contribution >= 4 is 17.2 Å². The Morgan fingerprint density at radius 3 is 2.88 bits per heavy atom. The highest BCUT2D eigenvalue weighted by atomic mass is 32.1. The third-order valence-electron chi connectivity index (χ3n) is 4.88. The van der Waals surface area contributed by atoms with E-state index in [1.807, 2.05) is 6.92 Å². The highest BCUT2D eigenvalue weighted by Crippen LogP contribution is 2.35. The van der Waals surface area contributed by atoms with Crippen LogP contribution in [0, 0.1) is 0 Å². The lowest BCUT2D eigenvalue weighted by Crippen LogP contribution is -2.38. The Morgan fingerprint density at radius 1 is 1.42 bits per heavy atom. The van der Waals surface area contributed by atoms with Crippen LogP contribution in [0.25, 0.3) is 0 Å². The number of hydrogen-bond donors (Lipinski definition) is 1. The van der Waals surface area contributed by atoms with Crippen LogP contribution < -0.4 is 0 Å². The second kappa shape index (κ2) is 7.45. The van der Waals surface area contributed by atoms with Crippen molar-refractivity contribution in [3.05, 3.63) is 51.5 Å². The Labute approximate surface area is 147 Å². The summed E-state index contributed by atoms with van der Waals surface area (Å²) in [6.45, 7) is 1.82. The molecular formula is C19H24N2O2S. The molecule has 1 N–H and O–H groups in total. The molecule has 0 aliphatic heterocycles. The number of aromatic nitrogens is 1. The first-order valence-electron chi connectivity index (χ1n) is 8.47. The maximum atomic E-state index is 12.3. The smallest absolute Gasteiger partial charge is 0.229 e. The lowest BCUT2D eigenvalue weighted by atomic mass is 9.85. The lowest BCUT2D eigenvalue weighted by Gasteiger charge is -2.22. The van der Waals surface area contributed by atoms with E-state index in [2.05, 4.69) is 30.3 Å². The van der Waals surface area contributed by atoms with Crippen molar-refractivity contribution in [3.63, 3.8) is 0 Å². The van der Waals surface area contributed by atoms with Gasteiger partial charge in [0.25, 0.3) is 0 Å². The van der Waals surface area contributed by atoms with Gasteiger partial charge in [-0.1, -0.05) is 30.3 Å². The minimum absolute atomic E-state index is 0.0160. The Balaban J connectivity index is 1.68. The molecule has 0 fully saturated rings. The molecular weight excluding hydrogens is 320 g/mol. The zero-order valence-corrected chi connectivity index (χ0v) is 15.1. The van der Waals surface area contributed by atoms with Gasteiger partial charge >= 0.3 is 0 Å². The summed E-state index contributed by atoms with van der Waals surface area (Å²) in [6.07, 6.45) is 3.46. The molecule has 0 saturated heterocycles. The molecule has 0 radical (unpaired) electrons. The first-order chi connectivity index (χ1) is 11.6. The van der Waals surface area contributed by atoms with E-state index in [-0.39, 0.29) is 18.6 Å². The van der Waals surface area contributed by atoms with Crippen molar-refractivity contribution in [1.29, 1.82) is 0 Å². The van der Waals surface area contributed by atoms with E-state index in [1.165, 1.54) is 16.1 Å². The van der Waals surface area contributed by atoms with Gasteiger partial charge in [0.05, 0.1) is 24.8 Å². The molecule has 24 heavy (non-hydrogen) atoms. The molecule has 0 spiro atoms. The van der Waals surface area contributed by atoms with Crippen LogP contribution in [0.3, 0.4) is 0 Å². The third kappa shape index (κ3) is 3.68. The van der Waals surface area contributed by atoms with Crippen LogP contribution in [0.4, 0.5) is 0 Å². The molecule has 1 unspecified atom stereocenters. The van der Waals surface area contributed by atoms with Gasteiger partial charge in [0.15, 0.2) is 0 Å². The van der Waals surface area contributed by atoms with Gasteiger partial charge in [-0.05, 0) is 37.7 Å². The Bertz CT molecular complexity index is 699. The first-order valence-corrected chi connectivity index (χ1v) is 9.29. The van der Waals surface area contributed by atoms with E-state index >= 15 is 0 Å². The van der Waals surface area contributed by atoms with Crippen molar-refractivity contribution < 1.29 is 9.90 Å². The number of nitrogens with zero attached hydrogens (tertiary/aromatic N) is 2. The van der Waals surface area contributed by atoms with Gasteiger partial charge in [-0.15, -0.1) is 11.3 Å². The average Bonchev–Trinajstić information content (AvgIpc) is 3.02. The van der Waals surface area contributed by atoms with Crippen molar-refractivity contribution in [2.24, 2.45) is 0 Å². The minimum Gasteiger partial charge on any atom is -0.394 e. The van der Waals surface area contributed by atoms with Crippen LogP contribution in [0.5, 0.6) is 0 Å². The number of amides is 1. The van der Waals surface area contributed by atoms with Gasteiger partial charge in [-0.2, -0.15) is 0 Å². The quantitative estimate of drug-likeness (QED) is 0.907. The maximum absolute atomic E-state index is 12.3. The number of carbonyl (C=O) groups is 1. The number of benzene rings is 1. The molecule has 1 aliphatic carbocycles. The monoisotopic (exact) mass is 344 g/mol. The fraction of sp³-hybridized carbons (Fsp3) is 0.474. The topological polar surface area (TPSA) is 53.4 Å². The molecule has 1 aromatic heterocycles. The number of rotatable bonds is 5. The van der Waals surface area contributed by atoms with E-state index in [4.69, 9.17) is 4.98 Å². The van der Waals surface area contributed by atoms with Gasteiger partial charge in [-0.3, -0.25) is 4.79 Å². The molecule has 3 rings (SSSR count). The summed E-state index contributed by atoms with van der Waals surface area (Å²) < 4.78 is 0. The van der Waals surface area contributed by atoms with Crippen LogP contribution in [-0.4, -0.2) is 40.6 Å². The highest BCUT2D eigenvalue weighted by Gasteiger charge is 2.25. The normalized spacial score (nSPS) is 18.0. The molecule has 128 valence electrons. The molecule has 5 heteroatoms. The van der Waals surface area contributed by atoms with Crippen LogP contribution in [0.1, 0.15) is 40.4 Å². The number of aryl methyl sites for hydroxylation is 1. The van der Waals surface area contributed by atoms with Gasteiger partial charge in [-0.25, -0.2) is 4.98 Å². The number of thiazole rings is 1. The summed E-state index contributed by atoms with van der Waals surface area (Å²) in [5.74, 6) is 0.571. The van der Waals surface area contributed by atoms with Gasteiger partial charge in [0.2, 0.25) is 5.91 Å². The SMILES string of the molecule is C[C@@H](CO)N(C)C(=O)Cc1nc2c(s1)CC(c1ccccc1)CC2. The Kier molecular flexibility index (Phi) is 5.31. The molecule has 1 amide bonds. The van der Waals surface area contributed by atoms with E-state index in [0.29, 0.717) is 12.3 Å². The molecule has 2 aromatic rings. The van der Waals surface area contributed by atoms with Crippen LogP contribution in [-0.2, 0) is 24.1 Å². The van der Waals surface area contributed by atoms with Crippen LogP contribution in [0.2, 0.25) is 0 Å². The summed E-state index contributed by atoms with van der Waals surface area (Å²) in [7, 11) is 1.74. The van der Waals surface area contributed by atoms with Crippen molar-refractivity contribution in [2.75, 3.05) is 13.7 Å². The summed E-state index contributed by atoms with van der Waals surface area (Å²) >= 11 is 1.68. The number of hydrogen-bond acceptors (Lipinski definition) is 4. The van der Waals surface area contributed by atoms with E-state index < -0.39 is 0 Å². The van der Waals surface area contributed by atoms with Gasteiger partial charge in [0, 0.05) is 11.9 Å². The van der Waals surface area contributed by atoms with Crippen molar-refractivity contribution in [1.82, 2.24) is 9.88 Å². The molecule has 1 aliphatic rings. The predicted octanol–water partition coefficient (Wildman–Crippen LogP) is 2.80. The minimum atomic E-state index is -0.158. The third-order valence-corrected chi connectivity index (χ3v) is 6.00. The molecule has 0 saturated carbocycles. The zero-order chi connectivity index (χ0) is 17.1. The highest BCUT2D eigenvalue weighted by molar-refractivity contribution is 7.11. The number of carbonyl (C=O) groups excluding carboxylic acids is 1. The van der Waals surface area contributed by atoms with Crippen LogP contribution >= 0.6 is 11.3 Å². The number of likely N-dealkylation sites (N-methyl/N-ethyl adjacent to an activating group) is 1. The van der Waals surface area contributed by atoms with Crippen molar-refractivity contribution in [3.8, 4) is 0 Å². The summed E-state index contributed by atoms with van der Waals surface area (Å²) in [4.78, 5) is 19.9. The second-order valence-corrected chi connectivity index (χ2v) is 7.71. The van der Waals surface area contributed by atoms with Gasteiger partial charge < -0.3 is 10.0 Å². The lowest BCUT2D eigenvalue weighted by molar-refractivity contribution is -0.131. The number of fused-ring (bicyclic) bond motifs is 1. The predicted molar refractivity (Wildman–Crippen MR) is 96.3 cm³/mol. The van der Waals surface area contributed by atoms with Crippen molar-refractivity contribution in [2.45, 2.75) is 44.6 Å². The van der Waals surface area contributed by atoms with Gasteiger partial charge in [0.1, 0.15) is 5.01 Å². The second-order valence-electron chi connectivity index (χ2n) is 6.54. The molecule has 2 atom stereocenters.